The summed E-state index contributed by atoms with van der Waals surface area (Å²) in [6.07, 6.45) is 2.46. The Bertz CT molecular complexity index is 630. The van der Waals surface area contributed by atoms with Crippen LogP contribution in [0.2, 0.25) is 5.15 Å². The van der Waals surface area contributed by atoms with Crippen molar-refractivity contribution in [1.82, 2.24) is 9.97 Å². The van der Waals surface area contributed by atoms with Crippen LogP contribution in [0.15, 0.2) is 17.8 Å². The zero-order valence-electron chi connectivity index (χ0n) is 8.78. The highest BCUT2D eigenvalue weighted by Gasteiger charge is 2.27. The molecule has 1 atom stereocenters. The predicted molar refractivity (Wildman–Crippen MR) is 64.0 cm³/mol. The third-order valence-corrected chi connectivity index (χ3v) is 3.88. The number of halogens is 1. The molecule has 1 N–H and O–H groups in total. The highest BCUT2D eigenvalue weighted by atomic mass is 35.5. The van der Waals surface area contributed by atoms with Crippen molar-refractivity contribution in [3.63, 3.8) is 0 Å². The lowest BCUT2D eigenvalue weighted by Gasteiger charge is -2.10. The summed E-state index contributed by atoms with van der Waals surface area (Å²) in [5.41, 5.74) is -0.475. The number of nitrogens with one attached hydrogen (secondary N) is 1. The van der Waals surface area contributed by atoms with Gasteiger partial charge in [-0.3, -0.25) is 10.1 Å². The summed E-state index contributed by atoms with van der Waals surface area (Å²) in [6, 6.07) is -0.570. The van der Waals surface area contributed by atoms with Gasteiger partial charge in [-0.1, -0.05) is 11.6 Å². The third-order valence-electron chi connectivity index (χ3n) is 2.21. The Labute approximate surface area is 107 Å². The zero-order chi connectivity index (χ0) is 13.3. The van der Waals surface area contributed by atoms with Gasteiger partial charge < -0.3 is 5.32 Å². The van der Waals surface area contributed by atoms with Gasteiger partial charge in [0.05, 0.1) is 16.7 Å². The van der Waals surface area contributed by atoms with Crippen LogP contribution in [0.4, 0.5) is 11.5 Å². The first-order valence-electron chi connectivity index (χ1n) is 4.71. The summed E-state index contributed by atoms with van der Waals surface area (Å²) in [7, 11) is -3.25. The summed E-state index contributed by atoms with van der Waals surface area (Å²) >= 11 is 5.60. The SMILES string of the molecule is O=[N+]([O-])c1c(Cl)ncnc1NC1C=CS(=O)(=O)C1. The van der Waals surface area contributed by atoms with Crippen LogP contribution in [0.25, 0.3) is 0 Å². The van der Waals surface area contributed by atoms with Gasteiger partial charge in [0, 0.05) is 5.41 Å². The van der Waals surface area contributed by atoms with Crippen molar-refractivity contribution in [2.45, 2.75) is 6.04 Å². The van der Waals surface area contributed by atoms with Crippen LogP contribution in [0.5, 0.6) is 0 Å². The summed E-state index contributed by atoms with van der Waals surface area (Å²) in [5, 5.41) is 14.2. The van der Waals surface area contributed by atoms with Crippen LogP contribution in [-0.4, -0.2) is 35.1 Å². The van der Waals surface area contributed by atoms with E-state index in [9.17, 15) is 18.5 Å². The molecule has 1 aliphatic rings. The molecule has 0 saturated carbocycles. The number of sulfone groups is 1. The van der Waals surface area contributed by atoms with Crippen molar-refractivity contribution in [2.24, 2.45) is 0 Å². The molecular formula is C8H7ClN4O4S. The average molecular weight is 291 g/mol. The van der Waals surface area contributed by atoms with Gasteiger partial charge in [-0.15, -0.1) is 0 Å². The lowest BCUT2D eigenvalue weighted by atomic mass is 10.3. The molecule has 1 aliphatic heterocycles. The fraction of sp³-hybridized carbons (Fsp3) is 0.250. The maximum atomic E-state index is 11.2. The number of nitrogens with zero attached hydrogens (tertiary/aromatic N) is 3. The van der Waals surface area contributed by atoms with Gasteiger partial charge in [-0.05, 0) is 6.08 Å². The molecule has 0 aliphatic carbocycles. The van der Waals surface area contributed by atoms with E-state index in [0.717, 1.165) is 11.7 Å². The lowest BCUT2D eigenvalue weighted by molar-refractivity contribution is -0.384. The van der Waals surface area contributed by atoms with Gasteiger partial charge in [-0.2, -0.15) is 0 Å². The molecule has 0 bridgehead atoms. The van der Waals surface area contributed by atoms with Crippen LogP contribution < -0.4 is 5.32 Å². The summed E-state index contributed by atoms with van der Waals surface area (Å²) in [5.74, 6) is -0.280. The minimum Gasteiger partial charge on any atom is -0.357 e. The normalized spacial score (nSPS) is 20.8. The first kappa shape index (κ1) is 12.7. The highest BCUT2D eigenvalue weighted by molar-refractivity contribution is 7.94. The molecule has 1 unspecified atom stereocenters. The average Bonchev–Trinajstić information content (AvgIpc) is 2.57. The molecule has 18 heavy (non-hydrogen) atoms. The van der Waals surface area contributed by atoms with Crippen molar-refractivity contribution >= 4 is 32.9 Å². The fourth-order valence-electron chi connectivity index (χ4n) is 1.47. The maximum Gasteiger partial charge on any atom is 0.348 e. The largest absolute Gasteiger partial charge is 0.357 e. The Balaban J connectivity index is 2.28. The summed E-state index contributed by atoms with van der Waals surface area (Å²) in [6.45, 7) is 0. The van der Waals surface area contributed by atoms with Crippen molar-refractivity contribution in [3.05, 3.63) is 33.1 Å². The number of hydrogen-bond donors (Lipinski definition) is 1. The van der Waals surface area contributed by atoms with E-state index in [1.54, 1.807) is 0 Å². The second kappa shape index (κ2) is 4.50. The smallest absolute Gasteiger partial charge is 0.348 e. The number of nitro groups is 1. The summed E-state index contributed by atoms with van der Waals surface area (Å²) in [4.78, 5) is 17.3. The minimum atomic E-state index is -3.25. The van der Waals surface area contributed by atoms with Gasteiger partial charge in [0.15, 0.2) is 9.84 Å². The van der Waals surface area contributed by atoms with Gasteiger partial charge >= 0.3 is 5.69 Å². The van der Waals surface area contributed by atoms with Crippen molar-refractivity contribution in [1.29, 1.82) is 0 Å². The Hall–Kier alpha value is -1.74. The number of rotatable bonds is 3. The predicted octanol–water partition coefficient (Wildman–Crippen LogP) is 0.761. The van der Waals surface area contributed by atoms with Gasteiger partial charge in [0.25, 0.3) is 0 Å². The zero-order valence-corrected chi connectivity index (χ0v) is 10.3. The first-order chi connectivity index (χ1) is 8.39. The van der Waals surface area contributed by atoms with Gasteiger partial charge in [-0.25, -0.2) is 18.4 Å². The molecule has 1 aromatic heterocycles. The molecule has 1 aromatic rings. The standard InChI is InChI=1S/C8H7ClN4O4S/c9-7-6(13(14)15)8(11-4-10-7)12-5-1-2-18(16,17)3-5/h1-2,4-5H,3H2,(H,10,11,12). The van der Waals surface area contributed by atoms with Crippen LogP contribution >= 0.6 is 11.6 Å². The number of hydrogen-bond acceptors (Lipinski definition) is 7. The lowest BCUT2D eigenvalue weighted by Crippen LogP contribution is -2.22. The monoisotopic (exact) mass is 290 g/mol. The van der Waals surface area contributed by atoms with Crippen LogP contribution in [0.3, 0.4) is 0 Å². The molecule has 2 heterocycles. The Morgan fingerprint density at radius 1 is 1.50 bits per heavy atom. The number of anilines is 1. The fourth-order valence-corrected chi connectivity index (χ4v) is 2.90. The van der Waals surface area contributed by atoms with E-state index in [1.165, 1.54) is 6.08 Å². The van der Waals surface area contributed by atoms with Gasteiger partial charge in [0.1, 0.15) is 6.33 Å². The Morgan fingerprint density at radius 3 is 2.78 bits per heavy atom. The van der Waals surface area contributed by atoms with E-state index >= 15 is 0 Å². The first-order valence-corrected chi connectivity index (χ1v) is 6.81. The molecule has 0 amide bonds. The summed E-state index contributed by atoms with van der Waals surface area (Å²) < 4.78 is 22.4. The molecular weight excluding hydrogens is 284 g/mol. The number of aromatic nitrogens is 2. The van der Waals surface area contributed by atoms with Crippen molar-refractivity contribution < 1.29 is 13.3 Å². The molecule has 96 valence electrons. The minimum absolute atomic E-state index is 0.105. The Kier molecular flexibility index (Phi) is 3.18. The highest BCUT2D eigenvalue weighted by Crippen LogP contribution is 2.29. The Morgan fingerprint density at radius 2 is 2.22 bits per heavy atom. The second-order valence-electron chi connectivity index (χ2n) is 3.53. The molecule has 0 fully saturated rings. The quantitative estimate of drug-likeness (QED) is 0.496. The molecule has 0 saturated heterocycles. The topological polar surface area (TPSA) is 115 Å². The van der Waals surface area contributed by atoms with Crippen LogP contribution in [0, 0.1) is 10.1 Å². The van der Waals surface area contributed by atoms with Crippen LogP contribution in [-0.2, 0) is 9.84 Å². The molecule has 0 spiro atoms. The van der Waals surface area contributed by atoms with E-state index in [0.29, 0.717) is 0 Å². The maximum absolute atomic E-state index is 11.2. The van der Waals surface area contributed by atoms with Crippen molar-refractivity contribution in [2.75, 3.05) is 11.1 Å². The van der Waals surface area contributed by atoms with E-state index in [4.69, 9.17) is 11.6 Å². The van der Waals surface area contributed by atoms with Crippen molar-refractivity contribution in [3.8, 4) is 0 Å². The molecule has 0 aromatic carbocycles. The molecule has 2 rings (SSSR count). The second-order valence-corrected chi connectivity index (χ2v) is 5.82. The van der Waals surface area contributed by atoms with E-state index in [1.807, 2.05) is 0 Å². The van der Waals surface area contributed by atoms with Crippen LogP contribution in [0.1, 0.15) is 0 Å². The van der Waals surface area contributed by atoms with Gasteiger partial charge in [0.2, 0.25) is 11.0 Å². The van der Waals surface area contributed by atoms with E-state index < -0.39 is 26.5 Å². The van der Waals surface area contributed by atoms with E-state index in [2.05, 4.69) is 15.3 Å². The molecule has 0 radical (unpaired) electrons. The molecule has 8 nitrogen and oxygen atoms in total. The van der Waals surface area contributed by atoms with E-state index in [-0.39, 0.29) is 16.7 Å². The molecule has 10 heteroatoms. The third kappa shape index (κ3) is 2.57.